The fourth-order valence-electron chi connectivity index (χ4n) is 3.16. The van der Waals surface area contributed by atoms with E-state index >= 15 is 0 Å². The maximum Gasteiger partial charge on any atom is 0.123 e. The van der Waals surface area contributed by atoms with Gasteiger partial charge in [0.15, 0.2) is 0 Å². The van der Waals surface area contributed by atoms with E-state index in [1.807, 2.05) is 55.5 Å². The fourth-order valence-corrected chi connectivity index (χ4v) is 3.16. The number of rotatable bonds is 3. The van der Waals surface area contributed by atoms with Gasteiger partial charge in [0, 0.05) is 17.5 Å². The van der Waals surface area contributed by atoms with Crippen molar-refractivity contribution in [2.45, 2.75) is 24.9 Å². The summed E-state index contributed by atoms with van der Waals surface area (Å²) >= 11 is 0. The highest BCUT2D eigenvalue weighted by Gasteiger charge is 2.43. The molecule has 3 rings (SSSR count). The molecule has 0 saturated carbocycles. The van der Waals surface area contributed by atoms with Crippen LogP contribution < -0.4 is 10.5 Å². The van der Waals surface area contributed by atoms with Gasteiger partial charge in [-0.1, -0.05) is 48.0 Å². The predicted molar refractivity (Wildman–Crippen MR) is 83.4 cm³/mol. The van der Waals surface area contributed by atoms with Crippen molar-refractivity contribution in [1.82, 2.24) is 0 Å². The third-order valence-electron chi connectivity index (χ3n) is 4.51. The second-order valence-corrected chi connectivity index (χ2v) is 5.77. The van der Waals surface area contributed by atoms with Crippen LogP contribution >= 0.6 is 0 Å². The number of aliphatic hydroxyl groups is 1. The first-order valence-electron chi connectivity index (χ1n) is 7.34. The van der Waals surface area contributed by atoms with E-state index in [1.54, 1.807) is 0 Å². The summed E-state index contributed by atoms with van der Waals surface area (Å²) in [6, 6.07) is 15.9. The average molecular weight is 283 g/mol. The normalized spacial score (nSPS) is 22.2. The van der Waals surface area contributed by atoms with Gasteiger partial charge >= 0.3 is 0 Å². The van der Waals surface area contributed by atoms with Crippen molar-refractivity contribution in [1.29, 1.82) is 0 Å². The highest BCUT2D eigenvalue weighted by molar-refractivity contribution is 5.44. The van der Waals surface area contributed by atoms with Gasteiger partial charge in [0.05, 0.1) is 12.7 Å². The van der Waals surface area contributed by atoms with E-state index in [9.17, 15) is 5.11 Å². The molecule has 3 heteroatoms. The smallest absolute Gasteiger partial charge is 0.123 e. The molecular weight excluding hydrogens is 262 g/mol. The third-order valence-corrected chi connectivity index (χ3v) is 4.51. The van der Waals surface area contributed by atoms with Crippen molar-refractivity contribution in [3.8, 4) is 5.75 Å². The number of para-hydroxylation sites is 1. The molecule has 2 aromatic carbocycles. The van der Waals surface area contributed by atoms with Crippen molar-refractivity contribution in [2.75, 3.05) is 13.2 Å². The van der Waals surface area contributed by atoms with Crippen LogP contribution in [0, 0.1) is 6.92 Å². The molecule has 1 aliphatic rings. The van der Waals surface area contributed by atoms with Gasteiger partial charge in [-0.2, -0.15) is 0 Å². The quantitative estimate of drug-likeness (QED) is 0.910. The lowest BCUT2D eigenvalue weighted by atomic mass is 9.69. The van der Waals surface area contributed by atoms with Crippen LogP contribution in [-0.4, -0.2) is 18.3 Å². The Balaban J connectivity index is 2.07. The van der Waals surface area contributed by atoms with E-state index < -0.39 is 11.5 Å². The number of hydrogen-bond acceptors (Lipinski definition) is 3. The predicted octanol–water partition coefficient (Wildman–Crippen LogP) is 2.71. The van der Waals surface area contributed by atoms with Crippen molar-refractivity contribution in [2.24, 2.45) is 5.73 Å². The molecule has 2 atom stereocenters. The summed E-state index contributed by atoms with van der Waals surface area (Å²) in [6.45, 7) is 3.01. The Bertz CT molecular complexity index is 623. The van der Waals surface area contributed by atoms with E-state index in [0.29, 0.717) is 13.2 Å². The summed E-state index contributed by atoms with van der Waals surface area (Å²) in [6.07, 6.45) is 0.0865. The summed E-state index contributed by atoms with van der Waals surface area (Å²) < 4.78 is 5.72. The van der Waals surface area contributed by atoms with Gasteiger partial charge in [-0.15, -0.1) is 0 Å². The highest BCUT2D eigenvalue weighted by atomic mass is 16.5. The second kappa shape index (κ2) is 5.51. The molecule has 0 bridgehead atoms. The number of aryl methyl sites for hydroxylation is 1. The van der Waals surface area contributed by atoms with Crippen LogP contribution in [0.2, 0.25) is 0 Å². The minimum absolute atomic E-state index is 0.391. The Morgan fingerprint density at radius 3 is 2.62 bits per heavy atom. The molecule has 0 aliphatic carbocycles. The zero-order valence-electron chi connectivity index (χ0n) is 12.3. The van der Waals surface area contributed by atoms with Crippen LogP contribution in [-0.2, 0) is 5.41 Å². The molecule has 3 nitrogen and oxygen atoms in total. The summed E-state index contributed by atoms with van der Waals surface area (Å²) in [5.74, 6) is 0.834. The van der Waals surface area contributed by atoms with Gasteiger partial charge in [0.25, 0.3) is 0 Å². The maximum atomic E-state index is 11.0. The number of ether oxygens (including phenoxy) is 1. The Morgan fingerprint density at radius 1 is 1.19 bits per heavy atom. The molecule has 0 amide bonds. The zero-order chi connectivity index (χ0) is 14.9. The Kier molecular flexibility index (Phi) is 3.70. The molecule has 2 unspecified atom stereocenters. The van der Waals surface area contributed by atoms with Crippen LogP contribution in [0.15, 0.2) is 48.5 Å². The minimum Gasteiger partial charge on any atom is -0.493 e. The molecule has 21 heavy (non-hydrogen) atoms. The molecule has 3 N–H and O–H groups in total. The molecule has 1 heterocycles. The van der Waals surface area contributed by atoms with E-state index in [1.165, 1.54) is 5.56 Å². The molecule has 2 aromatic rings. The number of nitrogens with two attached hydrogens (primary N) is 1. The van der Waals surface area contributed by atoms with Gasteiger partial charge in [-0.25, -0.2) is 0 Å². The Hall–Kier alpha value is -1.84. The van der Waals surface area contributed by atoms with Gasteiger partial charge in [0.1, 0.15) is 5.75 Å². The number of aliphatic hydroxyl groups excluding tert-OH is 1. The lowest BCUT2D eigenvalue weighted by Crippen LogP contribution is -2.44. The average Bonchev–Trinajstić information content (AvgIpc) is 2.54. The monoisotopic (exact) mass is 283 g/mol. The van der Waals surface area contributed by atoms with Crippen molar-refractivity contribution in [3.63, 3.8) is 0 Å². The van der Waals surface area contributed by atoms with E-state index in [-0.39, 0.29) is 0 Å². The van der Waals surface area contributed by atoms with E-state index in [4.69, 9.17) is 10.5 Å². The van der Waals surface area contributed by atoms with Crippen molar-refractivity contribution in [3.05, 3.63) is 65.2 Å². The first-order chi connectivity index (χ1) is 10.2. The van der Waals surface area contributed by atoms with Crippen LogP contribution in [0.1, 0.15) is 29.2 Å². The lowest BCUT2D eigenvalue weighted by molar-refractivity contribution is 0.0535. The van der Waals surface area contributed by atoms with E-state index in [2.05, 4.69) is 0 Å². The van der Waals surface area contributed by atoms with Gasteiger partial charge in [-0.3, -0.25) is 0 Å². The summed E-state index contributed by atoms with van der Waals surface area (Å²) in [5, 5.41) is 11.0. The molecule has 0 radical (unpaired) electrons. The summed E-state index contributed by atoms with van der Waals surface area (Å²) in [7, 11) is 0. The fraction of sp³-hybridized carbons (Fsp3) is 0.333. The van der Waals surface area contributed by atoms with Crippen LogP contribution in [0.3, 0.4) is 0 Å². The topological polar surface area (TPSA) is 55.5 Å². The second-order valence-electron chi connectivity index (χ2n) is 5.77. The van der Waals surface area contributed by atoms with E-state index in [0.717, 1.165) is 23.3 Å². The van der Waals surface area contributed by atoms with Crippen molar-refractivity contribution >= 4 is 0 Å². The largest absolute Gasteiger partial charge is 0.493 e. The van der Waals surface area contributed by atoms with Gasteiger partial charge < -0.3 is 15.6 Å². The molecule has 110 valence electrons. The summed E-state index contributed by atoms with van der Waals surface area (Å²) in [4.78, 5) is 0. The minimum atomic E-state index is -0.631. The number of benzene rings is 2. The van der Waals surface area contributed by atoms with Crippen molar-refractivity contribution < 1.29 is 9.84 Å². The highest BCUT2D eigenvalue weighted by Crippen LogP contribution is 2.46. The lowest BCUT2D eigenvalue weighted by Gasteiger charge is -2.41. The standard InChI is InChI=1S/C18H21NO2/c1-13-6-8-14(9-7-13)17(20)18(12-19)10-11-21-16-5-3-2-4-15(16)18/h2-9,17,20H,10-12,19H2,1H3. The van der Waals surface area contributed by atoms with Gasteiger partial charge in [-0.05, 0) is 25.0 Å². The first kappa shape index (κ1) is 14.1. The molecule has 0 aromatic heterocycles. The first-order valence-corrected chi connectivity index (χ1v) is 7.34. The molecule has 0 fully saturated rings. The third kappa shape index (κ3) is 2.33. The zero-order valence-corrected chi connectivity index (χ0v) is 12.3. The maximum absolute atomic E-state index is 11.0. The molecule has 1 aliphatic heterocycles. The van der Waals surface area contributed by atoms with Crippen LogP contribution in [0.4, 0.5) is 0 Å². The number of hydrogen-bond donors (Lipinski definition) is 2. The Morgan fingerprint density at radius 2 is 1.90 bits per heavy atom. The van der Waals surface area contributed by atoms with Gasteiger partial charge in [0.2, 0.25) is 0 Å². The molecule has 0 saturated heterocycles. The SMILES string of the molecule is Cc1ccc(C(O)C2(CN)CCOc3ccccc32)cc1. The number of fused-ring (bicyclic) bond motifs is 1. The van der Waals surface area contributed by atoms with Crippen LogP contribution in [0.5, 0.6) is 5.75 Å². The van der Waals surface area contributed by atoms with Crippen LogP contribution in [0.25, 0.3) is 0 Å². The molecular formula is C18H21NO2. The Labute approximate surface area is 125 Å². The molecule has 0 spiro atoms. The summed E-state index contributed by atoms with van der Waals surface area (Å²) in [5.41, 5.74) is 8.72.